The molecular weight excluding hydrogens is 260 g/mol. The number of benzene rings is 1. The van der Waals surface area contributed by atoms with Crippen LogP contribution in [0.5, 0.6) is 5.75 Å². The molecule has 116 valence electrons. The van der Waals surface area contributed by atoms with E-state index in [0.717, 1.165) is 37.2 Å². The fourth-order valence-corrected chi connectivity index (χ4v) is 4.19. The van der Waals surface area contributed by atoms with Crippen molar-refractivity contribution in [2.45, 2.75) is 70.3 Å². The molecule has 1 spiro atoms. The van der Waals surface area contributed by atoms with Gasteiger partial charge in [0, 0.05) is 0 Å². The Labute approximate surface area is 128 Å². The Morgan fingerprint density at radius 2 is 1.57 bits per heavy atom. The van der Waals surface area contributed by atoms with Crippen molar-refractivity contribution in [3.63, 3.8) is 0 Å². The van der Waals surface area contributed by atoms with Gasteiger partial charge in [0.05, 0.1) is 12.2 Å². The fourth-order valence-electron chi connectivity index (χ4n) is 4.19. The lowest BCUT2D eigenvalue weighted by Crippen LogP contribution is -2.35. The van der Waals surface area contributed by atoms with Gasteiger partial charge < -0.3 is 9.84 Å². The largest absolute Gasteiger partial charge is 0.494 e. The van der Waals surface area contributed by atoms with E-state index >= 15 is 0 Å². The highest BCUT2D eigenvalue weighted by Gasteiger charge is 2.43. The first-order valence-electron chi connectivity index (χ1n) is 8.62. The van der Waals surface area contributed by atoms with Crippen molar-refractivity contribution >= 4 is 0 Å². The summed E-state index contributed by atoms with van der Waals surface area (Å²) in [5, 5.41) is 11.0. The van der Waals surface area contributed by atoms with Crippen LogP contribution in [0, 0.1) is 5.41 Å². The zero-order chi connectivity index (χ0) is 14.8. The van der Waals surface area contributed by atoms with Crippen LogP contribution in [0.1, 0.15) is 70.3 Å². The average Bonchev–Trinajstić information content (AvgIpc) is 2.98. The van der Waals surface area contributed by atoms with Crippen LogP contribution in [0.3, 0.4) is 0 Å². The molecule has 1 aromatic carbocycles. The summed E-state index contributed by atoms with van der Waals surface area (Å²) in [4.78, 5) is 0. The third-order valence-corrected chi connectivity index (χ3v) is 5.67. The van der Waals surface area contributed by atoms with E-state index in [9.17, 15) is 5.11 Å². The van der Waals surface area contributed by atoms with Crippen LogP contribution in [-0.2, 0) is 5.60 Å². The minimum absolute atomic E-state index is 0.566. The maximum Gasteiger partial charge on any atom is 0.119 e. The van der Waals surface area contributed by atoms with E-state index < -0.39 is 5.60 Å². The minimum Gasteiger partial charge on any atom is -0.494 e. The van der Waals surface area contributed by atoms with E-state index in [1.54, 1.807) is 0 Å². The number of hydrogen-bond donors (Lipinski definition) is 1. The Hall–Kier alpha value is -1.02. The summed E-state index contributed by atoms with van der Waals surface area (Å²) in [5.74, 6) is 0.910. The number of ether oxygens (including phenoxy) is 1. The van der Waals surface area contributed by atoms with Gasteiger partial charge in [-0.1, -0.05) is 31.9 Å². The Bertz CT molecular complexity index is 447. The van der Waals surface area contributed by atoms with Gasteiger partial charge >= 0.3 is 0 Å². The molecule has 1 aromatic rings. The second kappa shape index (κ2) is 6.00. The topological polar surface area (TPSA) is 29.5 Å². The molecule has 0 heterocycles. The van der Waals surface area contributed by atoms with Crippen molar-refractivity contribution in [1.82, 2.24) is 0 Å². The van der Waals surface area contributed by atoms with Crippen molar-refractivity contribution in [3.05, 3.63) is 29.8 Å². The zero-order valence-electron chi connectivity index (χ0n) is 13.2. The van der Waals surface area contributed by atoms with Crippen LogP contribution in [0.25, 0.3) is 0 Å². The van der Waals surface area contributed by atoms with Gasteiger partial charge in [-0.25, -0.2) is 0 Å². The maximum atomic E-state index is 11.0. The van der Waals surface area contributed by atoms with Gasteiger partial charge in [0.25, 0.3) is 0 Å². The van der Waals surface area contributed by atoms with Gasteiger partial charge in [-0.05, 0) is 68.1 Å². The normalized spacial score (nSPS) is 23.3. The number of rotatable bonds is 4. The third-order valence-electron chi connectivity index (χ3n) is 5.67. The van der Waals surface area contributed by atoms with Gasteiger partial charge in [0.15, 0.2) is 0 Å². The van der Waals surface area contributed by atoms with E-state index in [-0.39, 0.29) is 0 Å². The summed E-state index contributed by atoms with van der Waals surface area (Å²) in [5.41, 5.74) is 1.02. The van der Waals surface area contributed by atoms with E-state index in [2.05, 4.69) is 19.1 Å². The molecule has 0 radical (unpaired) electrons. The standard InChI is InChI=1S/C19H28O2/c1-2-15-21-17-7-5-16(6-8-17)19(20)13-11-18(12-14-19)9-3-4-10-18/h5-8,20H,2-4,9-15H2,1H3. The van der Waals surface area contributed by atoms with Gasteiger partial charge in [0.2, 0.25) is 0 Å². The third kappa shape index (κ3) is 3.11. The lowest BCUT2D eigenvalue weighted by atomic mass is 9.66. The zero-order valence-corrected chi connectivity index (χ0v) is 13.2. The molecule has 2 saturated carbocycles. The molecule has 2 aliphatic carbocycles. The molecule has 2 heteroatoms. The number of hydrogen-bond acceptors (Lipinski definition) is 2. The van der Waals surface area contributed by atoms with Crippen LogP contribution < -0.4 is 4.74 Å². The molecule has 2 fully saturated rings. The first-order chi connectivity index (χ1) is 10.2. The van der Waals surface area contributed by atoms with Crippen LogP contribution in [0.2, 0.25) is 0 Å². The molecule has 1 N–H and O–H groups in total. The van der Waals surface area contributed by atoms with E-state index in [1.165, 1.54) is 38.5 Å². The van der Waals surface area contributed by atoms with Crippen LogP contribution >= 0.6 is 0 Å². The molecule has 2 aliphatic rings. The molecule has 0 bridgehead atoms. The minimum atomic E-state index is -0.614. The highest BCUT2D eigenvalue weighted by Crippen LogP contribution is 2.53. The van der Waals surface area contributed by atoms with Crippen LogP contribution in [0.4, 0.5) is 0 Å². The molecule has 0 saturated heterocycles. The van der Waals surface area contributed by atoms with E-state index in [4.69, 9.17) is 4.74 Å². The van der Waals surface area contributed by atoms with Crippen molar-refractivity contribution in [2.24, 2.45) is 5.41 Å². The highest BCUT2D eigenvalue weighted by molar-refractivity contribution is 5.31. The smallest absolute Gasteiger partial charge is 0.119 e. The molecule has 0 unspecified atom stereocenters. The van der Waals surface area contributed by atoms with Crippen molar-refractivity contribution in [1.29, 1.82) is 0 Å². The van der Waals surface area contributed by atoms with Crippen LogP contribution in [0.15, 0.2) is 24.3 Å². The lowest BCUT2D eigenvalue weighted by molar-refractivity contribution is -0.0376. The Morgan fingerprint density at radius 3 is 2.14 bits per heavy atom. The Kier molecular flexibility index (Phi) is 4.26. The van der Waals surface area contributed by atoms with Gasteiger partial charge in [-0.15, -0.1) is 0 Å². The monoisotopic (exact) mass is 288 g/mol. The van der Waals surface area contributed by atoms with E-state index in [1.807, 2.05) is 12.1 Å². The Balaban J connectivity index is 1.65. The Morgan fingerprint density at radius 1 is 0.952 bits per heavy atom. The SMILES string of the molecule is CCCOc1ccc(C2(O)CCC3(CCCC3)CC2)cc1. The highest BCUT2D eigenvalue weighted by atomic mass is 16.5. The molecule has 21 heavy (non-hydrogen) atoms. The quantitative estimate of drug-likeness (QED) is 0.862. The molecule has 0 amide bonds. The summed E-state index contributed by atoms with van der Waals surface area (Å²) in [6, 6.07) is 8.11. The number of aliphatic hydroxyl groups is 1. The average molecular weight is 288 g/mol. The first-order valence-corrected chi connectivity index (χ1v) is 8.62. The summed E-state index contributed by atoms with van der Waals surface area (Å²) < 4.78 is 5.62. The summed E-state index contributed by atoms with van der Waals surface area (Å²) in [7, 11) is 0. The molecule has 2 nitrogen and oxygen atoms in total. The van der Waals surface area contributed by atoms with Crippen molar-refractivity contribution < 1.29 is 9.84 Å². The van der Waals surface area contributed by atoms with Gasteiger partial charge in [0.1, 0.15) is 5.75 Å². The predicted octanol–water partition coefficient (Wildman–Crippen LogP) is 4.80. The van der Waals surface area contributed by atoms with Crippen molar-refractivity contribution in [3.8, 4) is 5.75 Å². The van der Waals surface area contributed by atoms with Crippen molar-refractivity contribution in [2.75, 3.05) is 6.61 Å². The molecule has 3 rings (SSSR count). The van der Waals surface area contributed by atoms with Gasteiger partial charge in [-0.3, -0.25) is 0 Å². The molecule has 0 aromatic heterocycles. The summed E-state index contributed by atoms with van der Waals surface area (Å²) in [6.07, 6.45) is 10.8. The second-order valence-electron chi connectivity index (χ2n) is 7.11. The second-order valence-corrected chi connectivity index (χ2v) is 7.11. The summed E-state index contributed by atoms with van der Waals surface area (Å²) >= 11 is 0. The summed E-state index contributed by atoms with van der Waals surface area (Å²) in [6.45, 7) is 2.87. The molecule has 0 atom stereocenters. The first kappa shape index (κ1) is 14.9. The van der Waals surface area contributed by atoms with Crippen LogP contribution in [-0.4, -0.2) is 11.7 Å². The van der Waals surface area contributed by atoms with Gasteiger partial charge in [-0.2, -0.15) is 0 Å². The molecule has 0 aliphatic heterocycles. The van der Waals surface area contributed by atoms with E-state index in [0.29, 0.717) is 5.41 Å². The fraction of sp³-hybridized carbons (Fsp3) is 0.684. The predicted molar refractivity (Wildman–Crippen MR) is 85.5 cm³/mol. The molecular formula is C19H28O2. The lowest BCUT2D eigenvalue weighted by Gasteiger charge is -2.42. The maximum absolute atomic E-state index is 11.0.